The number of rotatable bonds is 21. The summed E-state index contributed by atoms with van der Waals surface area (Å²) in [6.45, 7) is 11.1. The number of hydrogen-bond acceptors (Lipinski definition) is 5. The zero-order valence-electron chi connectivity index (χ0n) is 25.1. The summed E-state index contributed by atoms with van der Waals surface area (Å²) in [6, 6.07) is 8.23. The largest absolute Gasteiger partial charge is 0.378 e. The van der Waals surface area contributed by atoms with Gasteiger partial charge in [0.15, 0.2) is 5.84 Å². The fourth-order valence-corrected chi connectivity index (χ4v) is 6.05. The number of nitrogens with zero attached hydrogens (tertiary/aromatic N) is 3. The van der Waals surface area contributed by atoms with Crippen LogP contribution in [0.1, 0.15) is 116 Å². The van der Waals surface area contributed by atoms with Crippen molar-refractivity contribution in [2.24, 2.45) is 5.10 Å². The summed E-state index contributed by atoms with van der Waals surface area (Å²) in [5.74, 6) is 0.778. The Bertz CT molecular complexity index is 880. The first-order chi connectivity index (χ1) is 19.0. The molecule has 1 fully saturated rings. The van der Waals surface area contributed by atoms with E-state index in [1.54, 1.807) is 0 Å². The van der Waals surface area contributed by atoms with E-state index in [-0.39, 0.29) is 5.75 Å². The molecule has 7 nitrogen and oxygen atoms in total. The van der Waals surface area contributed by atoms with Crippen molar-refractivity contribution in [3.05, 3.63) is 29.8 Å². The van der Waals surface area contributed by atoms with Gasteiger partial charge in [-0.1, -0.05) is 90.4 Å². The molecule has 0 unspecified atom stereocenters. The van der Waals surface area contributed by atoms with Crippen LogP contribution in [0.5, 0.6) is 0 Å². The Hall–Kier alpha value is -1.80. The third kappa shape index (κ3) is 13.9. The molecule has 1 heterocycles. The lowest BCUT2D eigenvalue weighted by molar-refractivity contribution is 0.0681. The number of unbranched alkanes of at least 4 members (excludes halogenated alkanes) is 13. The zero-order chi connectivity index (χ0) is 28.2. The standard InChI is InChI=1S/C31H56N4O3S/c1-4-7-8-9-10-11-12-13-14-15-16-17-18-19-28-39(36,37)33-32-31(35-24-26-38-27-25-35)29-20-22-30(23-21-29)34(5-2)6-3/h20-23,33H,4-19,24-28H2,1-3H3. The summed E-state index contributed by atoms with van der Waals surface area (Å²) < 4.78 is 30.9. The Morgan fingerprint density at radius 1 is 0.795 bits per heavy atom. The van der Waals surface area contributed by atoms with Gasteiger partial charge in [0.05, 0.1) is 19.0 Å². The molecule has 224 valence electrons. The third-order valence-corrected chi connectivity index (χ3v) is 8.82. The highest BCUT2D eigenvalue weighted by molar-refractivity contribution is 7.89. The van der Waals surface area contributed by atoms with Crippen molar-refractivity contribution in [1.82, 2.24) is 9.73 Å². The van der Waals surface area contributed by atoms with Crippen LogP contribution in [0.2, 0.25) is 0 Å². The Morgan fingerprint density at radius 2 is 1.28 bits per heavy atom. The van der Waals surface area contributed by atoms with Gasteiger partial charge in [-0.2, -0.15) is 0 Å². The second kappa shape index (κ2) is 20.1. The molecule has 0 saturated carbocycles. The molecule has 39 heavy (non-hydrogen) atoms. The Kier molecular flexibility index (Phi) is 17.2. The summed E-state index contributed by atoms with van der Waals surface area (Å²) in [4.78, 5) is 6.92. The van der Waals surface area contributed by atoms with E-state index in [1.165, 1.54) is 70.6 Å². The molecule has 0 atom stereocenters. The maximum atomic E-state index is 12.7. The van der Waals surface area contributed by atoms with Crippen LogP contribution >= 0.6 is 0 Å². The minimum atomic E-state index is -3.47. The number of nitrogens with one attached hydrogen (secondary N) is 1. The molecule has 0 spiro atoms. The molecule has 1 aliphatic rings. The quantitative estimate of drug-likeness (QED) is 0.0759. The minimum absolute atomic E-state index is 0.117. The molecular weight excluding hydrogens is 508 g/mol. The lowest BCUT2D eigenvalue weighted by atomic mass is 10.0. The molecule has 0 radical (unpaired) electrons. The second-order valence-corrected chi connectivity index (χ2v) is 12.6. The fraction of sp³-hybridized carbons (Fsp3) is 0.774. The van der Waals surface area contributed by atoms with Crippen LogP contribution < -0.4 is 9.73 Å². The molecule has 0 amide bonds. The fourth-order valence-electron chi connectivity index (χ4n) is 5.15. The summed E-state index contributed by atoms with van der Waals surface area (Å²) in [7, 11) is -3.47. The maximum absolute atomic E-state index is 12.7. The average Bonchev–Trinajstić information content (AvgIpc) is 2.95. The van der Waals surface area contributed by atoms with Gasteiger partial charge >= 0.3 is 0 Å². The smallest absolute Gasteiger partial charge is 0.247 e. The first-order valence-corrected chi connectivity index (χ1v) is 17.4. The lowest BCUT2D eigenvalue weighted by Gasteiger charge is -2.30. The number of benzene rings is 1. The van der Waals surface area contributed by atoms with Gasteiger partial charge in [0.1, 0.15) is 0 Å². The lowest BCUT2D eigenvalue weighted by Crippen LogP contribution is -2.42. The molecule has 2 rings (SSSR count). The van der Waals surface area contributed by atoms with Gasteiger partial charge in [0.2, 0.25) is 10.0 Å². The van der Waals surface area contributed by atoms with Crippen molar-refractivity contribution >= 4 is 21.5 Å². The number of morpholine rings is 1. The van der Waals surface area contributed by atoms with Crippen LogP contribution in [0.3, 0.4) is 0 Å². The normalized spacial score (nSPS) is 14.5. The Labute approximate surface area is 239 Å². The number of hydrogen-bond donors (Lipinski definition) is 1. The second-order valence-electron chi connectivity index (χ2n) is 10.8. The first kappa shape index (κ1) is 33.4. The summed E-state index contributed by atoms with van der Waals surface area (Å²) >= 11 is 0. The molecule has 0 aromatic heterocycles. The molecular formula is C31H56N4O3S. The summed E-state index contributed by atoms with van der Waals surface area (Å²) in [5.41, 5.74) is 2.07. The first-order valence-electron chi connectivity index (χ1n) is 15.8. The van der Waals surface area contributed by atoms with Gasteiger partial charge in [-0.25, -0.2) is 13.2 Å². The highest BCUT2D eigenvalue weighted by atomic mass is 32.2. The van der Waals surface area contributed by atoms with E-state index in [0.717, 1.165) is 37.2 Å². The number of hydrazone groups is 1. The van der Waals surface area contributed by atoms with Crippen LogP contribution in [0.4, 0.5) is 5.69 Å². The SMILES string of the molecule is CCCCCCCCCCCCCCCCS(=O)(=O)NN=C(c1ccc(N(CC)CC)cc1)N1CCOCC1. The van der Waals surface area contributed by atoms with Gasteiger partial charge in [-0.15, -0.1) is 5.10 Å². The Morgan fingerprint density at radius 3 is 1.77 bits per heavy atom. The van der Waals surface area contributed by atoms with Crippen molar-refractivity contribution in [2.45, 2.75) is 111 Å². The maximum Gasteiger partial charge on any atom is 0.247 e. The Balaban J connectivity index is 1.73. The minimum Gasteiger partial charge on any atom is -0.378 e. The van der Waals surface area contributed by atoms with E-state index in [1.807, 2.05) is 12.1 Å². The zero-order valence-corrected chi connectivity index (χ0v) is 25.9. The van der Waals surface area contributed by atoms with Crippen LogP contribution in [0.15, 0.2) is 29.4 Å². The molecule has 1 N–H and O–H groups in total. The van der Waals surface area contributed by atoms with Gasteiger partial charge in [-0.3, -0.25) is 0 Å². The monoisotopic (exact) mass is 564 g/mol. The predicted octanol–water partition coefficient (Wildman–Crippen LogP) is 6.93. The topological polar surface area (TPSA) is 74.2 Å². The van der Waals surface area contributed by atoms with E-state index in [4.69, 9.17) is 4.74 Å². The van der Waals surface area contributed by atoms with Crippen LogP contribution in [0, 0.1) is 0 Å². The third-order valence-electron chi connectivity index (χ3n) is 7.62. The highest BCUT2D eigenvalue weighted by Gasteiger charge is 2.19. The summed E-state index contributed by atoms with van der Waals surface area (Å²) in [6.07, 6.45) is 17.5. The number of ether oxygens (including phenoxy) is 1. The molecule has 1 aromatic rings. The van der Waals surface area contributed by atoms with E-state index < -0.39 is 10.0 Å². The predicted molar refractivity (Wildman–Crippen MR) is 166 cm³/mol. The van der Waals surface area contributed by atoms with Crippen molar-refractivity contribution in [3.8, 4) is 0 Å². The number of anilines is 1. The van der Waals surface area contributed by atoms with Crippen molar-refractivity contribution < 1.29 is 13.2 Å². The molecule has 1 aliphatic heterocycles. The molecule has 1 aromatic carbocycles. The molecule has 1 saturated heterocycles. The van der Waals surface area contributed by atoms with E-state index in [2.05, 4.69) is 52.6 Å². The van der Waals surface area contributed by atoms with Crippen LogP contribution in [-0.2, 0) is 14.8 Å². The van der Waals surface area contributed by atoms with Crippen molar-refractivity contribution in [1.29, 1.82) is 0 Å². The average molecular weight is 565 g/mol. The van der Waals surface area contributed by atoms with E-state index >= 15 is 0 Å². The van der Waals surface area contributed by atoms with Gasteiger partial charge < -0.3 is 14.5 Å². The van der Waals surface area contributed by atoms with Crippen LogP contribution in [-0.4, -0.2) is 64.3 Å². The summed E-state index contributed by atoms with van der Waals surface area (Å²) in [5, 5.41) is 4.42. The van der Waals surface area contributed by atoms with Gasteiger partial charge in [0, 0.05) is 37.4 Å². The number of amidine groups is 1. The van der Waals surface area contributed by atoms with Gasteiger partial charge in [-0.05, 0) is 44.5 Å². The molecule has 8 heteroatoms. The molecule has 0 bridgehead atoms. The van der Waals surface area contributed by atoms with E-state index in [0.29, 0.717) is 38.6 Å². The van der Waals surface area contributed by atoms with Crippen molar-refractivity contribution in [2.75, 3.05) is 50.0 Å². The molecule has 0 aliphatic carbocycles. The highest BCUT2D eigenvalue weighted by Crippen LogP contribution is 2.18. The van der Waals surface area contributed by atoms with Crippen LogP contribution in [0.25, 0.3) is 0 Å². The van der Waals surface area contributed by atoms with Gasteiger partial charge in [0.25, 0.3) is 0 Å². The van der Waals surface area contributed by atoms with E-state index in [9.17, 15) is 8.42 Å². The number of sulfonamides is 1. The van der Waals surface area contributed by atoms with Crippen molar-refractivity contribution in [3.63, 3.8) is 0 Å².